The molecule has 1 amide bonds. The molecule has 0 spiro atoms. The predicted molar refractivity (Wildman–Crippen MR) is 71.6 cm³/mol. The summed E-state index contributed by atoms with van der Waals surface area (Å²) >= 11 is 3.34. The van der Waals surface area contributed by atoms with Gasteiger partial charge in [0.2, 0.25) is 0 Å². The van der Waals surface area contributed by atoms with Gasteiger partial charge in [-0.3, -0.25) is 0 Å². The Balaban J connectivity index is 2.15. The van der Waals surface area contributed by atoms with Crippen molar-refractivity contribution in [2.45, 2.75) is 26.4 Å². The fourth-order valence-corrected chi connectivity index (χ4v) is 1.69. The molecule has 0 atom stereocenters. The van der Waals surface area contributed by atoms with Crippen LogP contribution in [0.3, 0.4) is 0 Å². The van der Waals surface area contributed by atoms with E-state index < -0.39 is 11.7 Å². The molecule has 6 heteroatoms. The van der Waals surface area contributed by atoms with E-state index in [0.717, 1.165) is 4.47 Å². The average Bonchev–Trinajstić information content (AvgIpc) is 2.55. The molecule has 96 valence electrons. The number of rotatable bonds is 1. The smallest absolute Gasteiger partial charge is 0.415 e. The molecule has 0 aliphatic heterocycles. The third kappa shape index (κ3) is 3.22. The van der Waals surface area contributed by atoms with Gasteiger partial charge in [0.05, 0.1) is 0 Å². The van der Waals surface area contributed by atoms with E-state index in [-0.39, 0.29) is 6.01 Å². The number of nitrogens with zero attached hydrogens (tertiary/aromatic N) is 1. The van der Waals surface area contributed by atoms with E-state index in [1.165, 1.54) is 0 Å². The molecule has 0 aliphatic rings. The molecule has 0 bridgehead atoms. The van der Waals surface area contributed by atoms with Gasteiger partial charge in [-0.15, -0.1) is 0 Å². The molecule has 0 saturated heterocycles. The number of oxazole rings is 1. The highest BCUT2D eigenvalue weighted by Crippen LogP contribution is 2.22. The van der Waals surface area contributed by atoms with Crippen molar-refractivity contribution in [2.75, 3.05) is 5.32 Å². The first-order valence-corrected chi connectivity index (χ1v) is 6.19. The minimum absolute atomic E-state index is 0.123. The van der Waals surface area contributed by atoms with Crippen molar-refractivity contribution in [1.82, 2.24) is 4.98 Å². The van der Waals surface area contributed by atoms with Gasteiger partial charge in [-0.05, 0) is 39.0 Å². The number of hydrogen-bond donors (Lipinski definition) is 1. The Morgan fingerprint density at radius 2 is 2.17 bits per heavy atom. The number of hydrogen-bond acceptors (Lipinski definition) is 4. The molecule has 1 N–H and O–H groups in total. The molecule has 18 heavy (non-hydrogen) atoms. The summed E-state index contributed by atoms with van der Waals surface area (Å²) in [6, 6.07) is 5.54. The number of carbonyl (C=O) groups excluding carboxylic acids is 1. The summed E-state index contributed by atoms with van der Waals surface area (Å²) < 4.78 is 11.4. The molecule has 0 radical (unpaired) electrons. The van der Waals surface area contributed by atoms with Crippen molar-refractivity contribution in [2.24, 2.45) is 0 Å². The van der Waals surface area contributed by atoms with Crippen LogP contribution in [-0.2, 0) is 4.74 Å². The van der Waals surface area contributed by atoms with Crippen LogP contribution < -0.4 is 5.32 Å². The Labute approximate surface area is 113 Å². The molecular weight excluding hydrogens is 300 g/mol. The van der Waals surface area contributed by atoms with E-state index in [1.54, 1.807) is 32.9 Å². The van der Waals surface area contributed by atoms with Gasteiger partial charge in [0, 0.05) is 4.47 Å². The molecule has 2 rings (SSSR count). The number of benzene rings is 1. The second-order valence-corrected chi connectivity index (χ2v) is 5.67. The lowest BCUT2D eigenvalue weighted by Crippen LogP contribution is -2.27. The van der Waals surface area contributed by atoms with Crippen LogP contribution in [0.5, 0.6) is 0 Å². The number of halogens is 1. The lowest BCUT2D eigenvalue weighted by Gasteiger charge is -2.18. The van der Waals surface area contributed by atoms with Gasteiger partial charge in [0.1, 0.15) is 11.1 Å². The molecule has 2 aromatic rings. The number of carbonyl (C=O) groups is 1. The first kappa shape index (κ1) is 12.9. The van der Waals surface area contributed by atoms with Crippen LogP contribution >= 0.6 is 15.9 Å². The first-order valence-electron chi connectivity index (χ1n) is 5.39. The molecular formula is C12H13BrN2O3. The monoisotopic (exact) mass is 312 g/mol. The van der Waals surface area contributed by atoms with Gasteiger partial charge in [-0.2, -0.15) is 4.98 Å². The van der Waals surface area contributed by atoms with Gasteiger partial charge in [-0.25, -0.2) is 10.1 Å². The first-order chi connectivity index (χ1) is 8.33. The lowest BCUT2D eigenvalue weighted by molar-refractivity contribution is 0.0632. The Morgan fingerprint density at radius 3 is 2.83 bits per heavy atom. The molecule has 1 aromatic carbocycles. The highest BCUT2D eigenvalue weighted by atomic mass is 79.9. The molecule has 0 unspecified atom stereocenters. The Morgan fingerprint density at radius 1 is 1.44 bits per heavy atom. The third-order valence-electron chi connectivity index (χ3n) is 1.96. The van der Waals surface area contributed by atoms with Gasteiger partial charge in [0.25, 0.3) is 0 Å². The number of amides is 1. The van der Waals surface area contributed by atoms with E-state index in [0.29, 0.717) is 11.1 Å². The zero-order valence-electron chi connectivity index (χ0n) is 10.3. The summed E-state index contributed by atoms with van der Waals surface area (Å²) in [6.45, 7) is 5.36. The van der Waals surface area contributed by atoms with Crippen molar-refractivity contribution in [3.63, 3.8) is 0 Å². The maximum absolute atomic E-state index is 11.5. The minimum Gasteiger partial charge on any atom is -0.443 e. The van der Waals surface area contributed by atoms with Crippen molar-refractivity contribution in [3.8, 4) is 0 Å². The quantitative estimate of drug-likeness (QED) is 0.866. The van der Waals surface area contributed by atoms with Crippen LogP contribution in [0, 0.1) is 0 Å². The molecule has 1 heterocycles. The Bertz CT molecular complexity index is 587. The normalized spacial score (nSPS) is 11.6. The summed E-state index contributed by atoms with van der Waals surface area (Å²) in [6.07, 6.45) is -0.590. The molecule has 0 aliphatic carbocycles. The standard InChI is InChI=1S/C12H13BrN2O3/c1-12(2,3)18-11(16)15-10-14-8-6-7(13)4-5-9(8)17-10/h4-6H,1-3H3,(H,14,15,16). The van der Waals surface area contributed by atoms with Crippen LogP contribution in [0.4, 0.5) is 10.8 Å². The van der Waals surface area contributed by atoms with Gasteiger partial charge in [-0.1, -0.05) is 15.9 Å². The van der Waals surface area contributed by atoms with E-state index in [9.17, 15) is 4.79 Å². The van der Waals surface area contributed by atoms with Crippen LogP contribution in [0.15, 0.2) is 27.1 Å². The van der Waals surface area contributed by atoms with Crippen LogP contribution in [0.25, 0.3) is 11.1 Å². The molecule has 0 fully saturated rings. The molecule has 1 aromatic heterocycles. The number of aromatic nitrogens is 1. The number of fused-ring (bicyclic) bond motifs is 1. The van der Waals surface area contributed by atoms with Crippen LogP contribution in [0.1, 0.15) is 20.8 Å². The van der Waals surface area contributed by atoms with Crippen LogP contribution in [0.2, 0.25) is 0 Å². The second kappa shape index (κ2) is 4.61. The van der Waals surface area contributed by atoms with Crippen LogP contribution in [-0.4, -0.2) is 16.7 Å². The van der Waals surface area contributed by atoms with Gasteiger partial charge >= 0.3 is 12.1 Å². The average molecular weight is 313 g/mol. The second-order valence-electron chi connectivity index (χ2n) is 4.76. The van der Waals surface area contributed by atoms with E-state index >= 15 is 0 Å². The summed E-state index contributed by atoms with van der Waals surface area (Å²) in [7, 11) is 0. The predicted octanol–water partition coefficient (Wildman–Crippen LogP) is 3.94. The summed E-state index contributed by atoms with van der Waals surface area (Å²) in [4.78, 5) is 15.7. The molecule has 5 nitrogen and oxygen atoms in total. The minimum atomic E-state index is -0.590. The maximum atomic E-state index is 11.5. The highest BCUT2D eigenvalue weighted by molar-refractivity contribution is 9.10. The van der Waals surface area contributed by atoms with Crippen molar-refractivity contribution >= 4 is 39.1 Å². The number of anilines is 1. The largest absolute Gasteiger partial charge is 0.443 e. The lowest BCUT2D eigenvalue weighted by atomic mass is 10.2. The van der Waals surface area contributed by atoms with E-state index in [1.807, 2.05) is 6.07 Å². The summed E-state index contributed by atoms with van der Waals surface area (Å²) in [5.41, 5.74) is 0.707. The summed E-state index contributed by atoms with van der Waals surface area (Å²) in [5.74, 6) is 0. The SMILES string of the molecule is CC(C)(C)OC(=O)Nc1nc2cc(Br)ccc2o1. The number of ether oxygens (including phenoxy) is 1. The Hall–Kier alpha value is -1.56. The number of nitrogens with one attached hydrogen (secondary N) is 1. The third-order valence-corrected chi connectivity index (χ3v) is 2.45. The van der Waals surface area contributed by atoms with Crippen molar-refractivity contribution in [1.29, 1.82) is 0 Å². The molecule has 0 saturated carbocycles. The van der Waals surface area contributed by atoms with Crippen molar-refractivity contribution < 1.29 is 13.9 Å². The fourth-order valence-electron chi connectivity index (χ4n) is 1.34. The fraction of sp³-hybridized carbons (Fsp3) is 0.333. The summed E-state index contributed by atoms with van der Waals surface area (Å²) in [5, 5.41) is 2.45. The van der Waals surface area contributed by atoms with Crippen molar-refractivity contribution in [3.05, 3.63) is 22.7 Å². The van der Waals surface area contributed by atoms with Gasteiger partial charge < -0.3 is 9.15 Å². The zero-order chi connectivity index (χ0) is 13.3. The topological polar surface area (TPSA) is 64.4 Å². The van der Waals surface area contributed by atoms with E-state index in [4.69, 9.17) is 9.15 Å². The Kier molecular flexibility index (Phi) is 3.30. The zero-order valence-corrected chi connectivity index (χ0v) is 11.9. The maximum Gasteiger partial charge on any atom is 0.415 e. The van der Waals surface area contributed by atoms with Gasteiger partial charge in [0.15, 0.2) is 5.58 Å². The highest BCUT2D eigenvalue weighted by Gasteiger charge is 2.18. The van der Waals surface area contributed by atoms with E-state index in [2.05, 4.69) is 26.2 Å².